The Hall–Kier alpha value is -1.95. The summed E-state index contributed by atoms with van der Waals surface area (Å²) in [6.07, 6.45) is 4.11. The first kappa shape index (κ1) is 23.7. The van der Waals surface area contributed by atoms with E-state index in [1.54, 1.807) is 49.4 Å². The summed E-state index contributed by atoms with van der Waals surface area (Å²) in [6.45, 7) is 1.51. The molecule has 5 nitrogen and oxygen atoms in total. The monoisotopic (exact) mass is 482 g/mol. The third-order valence-corrected chi connectivity index (χ3v) is 6.47. The van der Waals surface area contributed by atoms with Gasteiger partial charge < -0.3 is 15.0 Å². The minimum Gasteiger partial charge on any atom is -0.482 e. The van der Waals surface area contributed by atoms with E-state index < -0.39 is 6.04 Å². The number of ether oxygens (including phenoxy) is 1. The maximum absolute atomic E-state index is 13.1. The Morgan fingerprint density at radius 2 is 1.65 bits per heavy atom. The Kier molecular flexibility index (Phi) is 8.47. The molecular weight excluding hydrogens is 459 g/mol. The lowest BCUT2D eigenvalue weighted by Crippen LogP contribution is -2.50. The summed E-state index contributed by atoms with van der Waals surface area (Å²) >= 11 is 18.8. The molecule has 3 rings (SSSR count). The van der Waals surface area contributed by atoms with E-state index in [2.05, 4.69) is 5.32 Å². The zero-order valence-corrected chi connectivity index (χ0v) is 19.5. The molecule has 166 valence electrons. The van der Waals surface area contributed by atoms with Gasteiger partial charge in [0.05, 0.1) is 5.02 Å². The number of halogens is 3. The molecule has 2 aromatic carbocycles. The summed E-state index contributed by atoms with van der Waals surface area (Å²) in [5.74, 6) is -0.178. The first-order chi connectivity index (χ1) is 14.9. The van der Waals surface area contributed by atoms with Crippen molar-refractivity contribution < 1.29 is 14.3 Å². The molecule has 0 aromatic heterocycles. The summed E-state index contributed by atoms with van der Waals surface area (Å²) in [4.78, 5) is 27.5. The van der Waals surface area contributed by atoms with E-state index in [0.717, 1.165) is 25.7 Å². The van der Waals surface area contributed by atoms with Crippen molar-refractivity contribution in [3.8, 4) is 5.75 Å². The third-order valence-electron chi connectivity index (χ3n) is 5.45. The van der Waals surface area contributed by atoms with Gasteiger partial charge in [0, 0.05) is 28.2 Å². The van der Waals surface area contributed by atoms with Crippen molar-refractivity contribution in [1.29, 1.82) is 0 Å². The second-order valence-corrected chi connectivity index (χ2v) is 8.83. The van der Waals surface area contributed by atoms with Gasteiger partial charge in [-0.1, -0.05) is 65.8 Å². The van der Waals surface area contributed by atoms with Gasteiger partial charge in [0.2, 0.25) is 5.91 Å². The van der Waals surface area contributed by atoms with Gasteiger partial charge in [0.15, 0.2) is 6.61 Å². The van der Waals surface area contributed by atoms with E-state index in [1.165, 1.54) is 4.90 Å². The highest BCUT2D eigenvalue weighted by molar-refractivity contribution is 6.36. The molecule has 1 fully saturated rings. The molecule has 1 N–H and O–H groups in total. The van der Waals surface area contributed by atoms with Crippen LogP contribution in [-0.2, 0) is 16.1 Å². The van der Waals surface area contributed by atoms with Gasteiger partial charge in [-0.3, -0.25) is 9.59 Å². The lowest BCUT2D eigenvalue weighted by molar-refractivity contribution is -0.142. The first-order valence-electron chi connectivity index (χ1n) is 10.3. The van der Waals surface area contributed by atoms with Crippen molar-refractivity contribution in [2.24, 2.45) is 0 Å². The molecule has 1 aliphatic carbocycles. The topological polar surface area (TPSA) is 58.6 Å². The van der Waals surface area contributed by atoms with Crippen molar-refractivity contribution in [1.82, 2.24) is 10.2 Å². The van der Waals surface area contributed by atoms with Crippen LogP contribution >= 0.6 is 34.8 Å². The molecule has 0 heterocycles. The number of para-hydroxylation sites is 1. The van der Waals surface area contributed by atoms with Crippen molar-refractivity contribution in [3.05, 3.63) is 63.1 Å². The normalized spacial score (nSPS) is 14.8. The highest BCUT2D eigenvalue weighted by atomic mass is 35.5. The molecule has 1 atom stereocenters. The van der Waals surface area contributed by atoms with E-state index in [4.69, 9.17) is 39.5 Å². The van der Waals surface area contributed by atoms with E-state index in [9.17, 15) is 9.59 Å². The molecule has 2 aromatic rings. The predicted octanol–water partition coefficient (Wildman–Crippen LogP) is 5.50. The third kappa shape index (κ3) is 6.28. The molecule has 0 unspecified atom stereocenters. The van der Waals surface area contributed by atoms with Crippen LogP contribution in [0.4, 0.5) is 0 Å². The first-order valence-corrected chi connectivity index (χ1v) is 11.4. The molecule has 0 aliphatic heterocycles. The molecule has 0 bridgehead atoms. The van der Waals surface area contributed by atoms with Gasteiger partial charge in [-0.25, -0.2) is 0 Å². The van der Waals surface area contributed by atoms with Gasteiger partial charge in [-0.15, -0.1) is 0 Å². The molecule has 2 amide bonds. The lowest BCUT2D eigenvalue weighted by atomic mass is 10.1. The Morgan fingerprint density at radius 1 is 1.03 bits per heavy atom. The maximum atomic E-state index is 13.1. The van der Waals surface area contributed by atoms with E-state index in [-0.39, 0.29) is 31.0 Å². The van der Waals surface area contributed by atoms with Crippen LogP contribution in [0.15, 0.2) is 42.5 Å². The molecule has 31 heavy (non-hydrogen) atoms. The van der Waals surface area contributed by atoms with Crippen LogP contribution in [0.5, 0.6) is 5.75 Å². The van der Waals surface area contributed by atoms with E-state index in [1.807, 2.05) is 0 Å². The fraction of sp³-hybridized carbons (Fsp3) is 0.391. The maximum Gasteiger partial charge on any atom is 0.261 e. The smallest absolute Gasteiger partial charge is 0.261 e. The lowest BCUT2D eigenvalue weighted by Gasteiger charge is -2.30. The zero-order chi connectivity index (χ0) is 22.4. The predicted molar refractivity (Wildman–Crippen MR) is 124 cm³/mol. The summed E-state index contributed by atoms with van der Waals surface area (Å²) in [6, 6.07) is 11.5. The molecule has 0 spiro atoms. The van der Waals surface area contributed by atoms with Gasteiger partial charge in [-0.05, 0) is 44.0 Å². The average Bonchev–Trinajstić information content (AvgIpc) is 3.25. The quantitative estimate of drug-likeness (QED) is 0.539. The highest BCUT2D eigenvalue weighted by Gasteiger charge is 2.29. The fourth-order valence-corrected chi connectivity index (χ4v) is 4.32. The van der Waals surface area contributed by atoms with Crippen LogP contribution in [0.3, 0.4) is 0 Å². The number of hydrogen-bond acceptors (Lipinski definition) is 3. The number of carbonyl (C=O) groups is 2. The van der Waals surface area contributed by atoms with Crippen LogP contribution in [-0.4, -0.2) is 35.4 Å². The van der Waals surface area contributed by atoms with Crippen molar-refractivity contribution in [2.75, 3.05) is 6.61 Å². The van der Waals surface area contributed by atoms with Crippen LogP contribution in [0.1, 0.15) is 38.2 Å². The summed E-state index contributed by atoms with van der Waals surface area (Å²) < 4.78 is 5.62. The summed E-state index contributed by atoms with van der Waals surface area (Å²) in [5, 5.41) is 4.32. The second kappa shape index (κ2) is 11.1. The van der Waals surface area contributed by atoms with Crippen LogP contribution in [0, 0.1) is 0 Å². The molecular formula is C23H25Cl3N2O3. The van der Waals surface area contributed by atoms with Crippen LogP contribution in [0.2, 0.25) is 15.1 Å². The Labute approximate surface area is 197 Å². The Morgan fingerprint density at radius 3 is 2.29 bits per heavy atom. The standard InChI is InChI=1S/C23H25Cl3N2O3/c1-15(23(30)27-16-7-2-3-8-16)28(13-17-18(24)10-6-11-19(17)25)22(29)14-31-21-12-5-4-9-20(21)26/h4-6,9-12,15-16H,2-3,7-8,13-14H2,1H3,(H,27,30)/t15-/m1/s1. The minimum absolute atomic E-state index is 0.0858. The molecule has 8 heteroatoms. The number of rotatable bonds is 8. The number of benzene rings is 2. The molecule has 0 saturated heterocycles. The fourth-order valence-electron chi connectivity index (χ4n) is 3.61. The van der Waals surface area contributed by atoms with Gasteiger partial charge in [0.1, 0.15) is 11.8 Å². The largest absolute Gasteiger partial charge is 0.482 e. The van der Waals surface area contributed by atoms with Crippen molar-refractivity contribution in [2.45, 2.75) is 51.2 Å². The van der Waals surface area contributed by atoms with Gasteiger partial charge >= 0.3 is 0 Å². The van der Waals surface area contributed by atoms with Crippen molar-refractivity contribution >= 4 is 46.6 Å². The SMILES string of the molecule is C[C@H](C(=O)NC1CCCC1)N(Cc1c(Cl)cccc1Cl)C(=O)COc1ccccc1Cl. The summed E-state index contributed by atoms with van der Waals surface area (Å²) in [5.41, 5.74) is 0.581. The number of nitrogens with one attached hydrogen (secondary N) is 1. The van der Waals surface area contributed by atoms with E-state index in [0.29, 0.717) is 26.4 Å². The minimum atomic E-state index is -0.727. The van der Waals surface area contributed by atoms with Gasteiger partial charge in [0.25, 0.3) is 5.91 Å². The molecule has 1 aliphatic rings. The summed E-state index contributed by atoms with van der Waals surface area (Å²) in [7, 11) is 0. The Bertz CT molecular complexity index is 912. The number of carbonyl (C=O) groups excluding carboxylic acids is 2. The number of hydrogen-bond donors (Lipinski definition) is 1. The second-order valence-electron chi connectivity index (χ2n) is 7.61. The van der Waals surface area contributed by atoms with Crippen LogP contribution < -0.4 is 10.1 Å². The molecule has 1 saturated carbocycles. The molecule has 0 radical (unpaired) electrons. The van der Waals surface area contributed by atoms with Crippen LogP contribution in [0.25, 0.3) is 0 Å². The van der Waals surface area contributed by atoms with Crippen molar-refractivity contribution in [3.63, 3.8) is 0 Å². The number of nitrogens with zero attached hydrogens (tertiary/aromatic N) is 1. The zero-order valence-electron chi connectivity index (χ0n) is 17.2. The van der Waals surface area contributed by atoms with E-state index >= 15 is 0 Å². The highest BCUT2D eigenvalue weighted by Crippen LogP contribution is 2.27. The number of amides is 2. The van der Waals surface area contributed by atoms with Gasteiger partial charge in [-0.2, -0.15) is 0 Å². The average molecular weight is 484 g/mol. The Balaban J connectivity index is 1.77.